The second-order valence-corrected chi connectivity index (χ2v) is 7.68. The van der Waals surface area contributed by atoms with Crippen molar-refractivity contribution in [2.75, 3.05) is 45.8 Å². The highest BCUT2D eigenvalue weighted by Gasteiger charge is 2.41. The van der Waals surface area contributed by atoms with Crippen LogP contribution in [0.2, 0.25) is 0 Å². The van der Waals surface area contributed by atoms with Crippen molar-refractivity contribution in [1.29, 1.82) is 0 Å². The normalized spacial score (nSPS) is 20.3. The van der Waals surface area contributed by atoms with Gasteiger partial charge in [0, 0.05) is 45.7 Å². The zero-order valence-electron chi connectivity index (χ0n) is 17.4. The first-order valence-electron chi connectivity index (χ1n) is 10.4. The van der Waals surface area contributed by atoms with Crippen molar-refractivity contribution in [3.63, 3.8) is 0 Å². The highest BCUT2D eigenvalue weighted by Crippen LogP contribution is 2.27. The molecule has 1 atom stereocenters. The number of hydrogen-bond acceptors (Lipinski definition) is 3. The molecule has 1 saturated carbocycles. The number of alkyl halides is 3. The van der Waals surface area contributed by atoms with Gasteiger partial charge in [-0.3, -0.25) is 14.7 Å². The van der Waals surface area contributed by atoms with E-state index in [-0.39, 0.29) is 29.9 Å². The Hall–Kier alpha value is -0.780. The van der Waals surface area contributed by atoms with E-state index in [1.807, 2.05) is 11.8 Å². The molecule has 0 bridgehead atoms. The van der Waals surface area contributed by atoms with E-state index in [2.05, 4.69) is 15.6 Å². The molecular formula is C19H35F3IN5O. The predicted molar refractivity (Wildman–Crippen MR) is 120 cm³/mol. The van der Waals surface area contributed by atoms with E-state index in [0.717, 1.165) is 12.8 Å². The molecule has 0 radical (unpaired) electrons. The number of carbonyl (C=O) groups is 1. The molecule has 1 saturated heterocycles. The van der Waals surface area contributed by atoms with Gasteiger partial charge in [-0.15, -0.1) is 24.0 Å². The molecule has 0 spiro atoms. The fourth-order valence-corrected chi connectivity index (χ4v) is 3.86. The molecule has 2 aliphatic rings. The van der Waals surface area contributed by atoms with E-state index in [9.17, 15) is 18.0 Å². The number of carbonyl (C=O) groups excluding carboxylic acids is 1. The molecule has 0 aromatic rings. The van der Waals surface area contributed by atoms with Crippen LogP contribution in [0.3, 0.4) is 0 Å². The summed E-state index contributed by atoms with van der Waals surface area (Å²) in [6, 6.07) is -1.43. The third-order valence-electron chi connectivity index (χ3n) is 5.61. The number of guanidine groups is 1. The van der Waals surface area contributed by atoms with Crippen LogP contribution in [-0.4, -0.2) is 79.7 Å². The molecule has 29 heavy (non-hydrogen) atoms. The van der Waals surface area contributed by atoms with E-state index in [1.165, 1.54) is 24.7 Å². The van der Waals surface area contributed by atoms with Crippen LogP contribution >= 0.6 is 24.0 Å². The Kier molecular flexibility index (Phi) is 11.6. The maximum atomic E-state index is 12.9. The summed E-state index contributed by atoms with van der Waals surface area (Å²) in [7, 11) is 0. The summed E-state index contributed by atoms with van der Waals surface area (Å²) < 4.78 is 38.6. The minimum absolute atomic E-state index is 0. The molecule has 0 aromatic carbocycles. The first kappa shape index (κ1) is 26.3. The van der Waals surface area contributed by atoms with E-state index in [0.29, 0.717) is 64.1 Å². The summed E-state index contributed by atoms with van der Waals surface area (Å²) in [5.41, 5.74) is 0. The van der Waals surface area contributed by atoms with Crippen molar-refractivity contribution in [2.45, 2.75) is 58.2 Å². The lowest BCUT2D eigenvalue weighted by Crippen LogP contribution is -2.56. The van der Waals surface area contributed by atoms with Gasteiger partial charge in [-0.2, -0.15) is 13.2 Å². The van der Waals surface area contributed by atoms with Gasteiger partial charge in [0.15, 0.2) is 5.96 Å². The third-order valence-corrected chi connectivity index (χ3v) is 5.61. The van der Waals surface area contributed by atoms with Crippen molar-refractivity contribution < 1.29 is 18.0 Å². The van der Waals surface area contributed by atoms with E-state index in [1.54, 1.807) is 0 Å². The number of piperazine rings is 1. The highest BCUT2D eigenvalue weighted by molar-refractivity contribution is 14.0. The lowest BCUT2D eigenvalue weighted by molar-refractivity contribution is -0.181. The maximum absolute atomic E-state index is 12.9. The van der Waals surface area contributed by atoms with Crippen LogP contribution in [-0.2, 0) is 4.79 Å². The Labute approximate surface area is 189 Å². The van der Waals surface area contributed by atoms with Crippen LogP contribution < -0.4 is 10.6 Å². The average molecular weight is 533 g/mol. The van der Waals surface area contributed by atoms with Crippen molar-refractivity contribution >= 4 is 35.8 Å². The molecule has 1 aliphatic heterocycles. The minimum atomic E-state index is -4.20. The zero-order valence-corrected chi connectivity index (χ0v) is 19.8. The molecule has 170 valence electrons. The van der Waals surface area contributed by atoms with Gasteiger partial charge in [0.2, 0.25) is 5.91 Å². The molecule has 2 rings (SSSR count). The second-order valence-electron chi connectivity index (χ2n) is 7.68. The van der Waals surface area contributed by atoms with Crippen LogP contribution in [0.15, 0.2) is 4.99 Å². The van der Waals surface area contributed by atoms with Gasteiger partial charge in [0.1, 0.15) is 6.04 Å². The molecule has 2 fully saturated rings. The lowest BCUT2D eigenvalue weighted by Gasteiger charge is -2.39. The fourth-order valence-electron chi connectivity index (χ4n) is 3.86. The molecule has 2 N–H and O–H groups in total. The van der Waals surface area contributed by atoms with Crippen LogP contribution in [0.25, 0.3) is 0 Å². The number of aliphatic imine (C=N–C) groups is 1. The van der Waals surface area contributed by atoms with Gasteiger partial charge >= 0.3 is 6.18 Å². The van der Waals surface area contributed by atoms with Crippen LogP contribution in [0.1, 0.15) is 46.0 Å². The highest BCUT2D eigenvalue weighted by atomic mass is 127. The summed E-state index contributed by atoms with van der Waals surface area (Å²) in [6.07, 6.45) is 1.15. The Morgan fingerprint density at radius 2 is 1.76 bits per heavy atom. The van der Waals surface area contributed by atoms with Crippen molar-refractivity contribution in [2.24, 2.45) is 10.9 Å². The topological polar surface area (TPSA) is 60.0 Å². The Balaban J connectivity index is 0.00000420. The smallest absolute Gasteiger partial charge is 0.357 e. The summed E-state index contributed by atoms with van der Waals surface area (Å²) in [4.78, 5) is 20.0. The fraction of sp³-hybridized carbons (Fsp3) is 0.895. The van der Waals surface area contributed by atoms with Crippen LogP contribution in [0.5, 0.6) is 0 Å². The van der Waals surface area contributed by atoms with Gasteiger partial charge in [0.25, 0.3) is 0 Å². The molecule has 1 unspecified atom stereocenters. The molecule has 1 amide bonds. The molecule has 10 heteroatoms. The molecular weight excluding hydrogens is 498 g/mol. The average Bonchev–Trinajstić information content (AvgIpc) is 3.16. The van der Waals surface area contributed by atoms with Gasteiger partial charge in [-0.05, 0) is 32.6 Å². The largest absolute Gasteiger partial charge is 0.403 e. The first-order chi connectivity index (χ1) is 13.3. The third kappa shape index (κ3) is 8.85. The van der Waals surface area contributed by atoms with Crippen molar-refractivity contribution in [1.82, 2.24) is 20.4 Å². The predicted octanol–water partition coefficient (Wildman–Crippen LogP) is 2.83. The quantitative estimate of drug-likeness (QED) is 0.229. The Morgan fingerprint density at radius 3 is 2.31 bits per heavy atom. The lowest BCUT2D eigenvalue weighted by atomic mass is 10.0. The van der Waals surface area contributed by atoms with Crippen molar-refractivity contribution in [3.8, 4) is 0 Å². The number of hydrogen-bond donors (Lipinski definition) is 2. The molecule has 1 aliphatic carbocycles. The maximum Gasteiger partial charge on any atom is 0.403 e. The van der Waals surface area contributed by atoms with Crippen LogP contribution in [0.4, 0.5) is 13.2 Å². The van der Waals surface area contributed by atoms with Crippen molar-refractivity contribution in [3.05, 3.63) is 0 Å². The van der Waals surface area contributed by atoms with Gasteiger partial charge in [-0.25, -0.2) is 0 Å². The molecule has 0 aromatic heterocycles. The number of nitrogens with zero attached hydrogens (tertiary/aromatic N) is 3. The Bertz CT molecular complexity index is 518. The standard InChI is InChI=1S/C19H34F3N5O.HI/c1-3-23-18(25-9-8-24-17(28)14-16-6-4-5-7-16)27-12-10-26(11-13-27)15(2)19(20,21)22;/h15-16H,3-14H2,1-2H3,(H,23,25)(H,24,28);1H. The minimum Gasteiger partial charge on any atom is -0.357 e. The summed E-state index contributed by atoms with van der Waals surface area (Å²) in [5, 5.41) is 6.12. The zero-order chi connectivity index (χ0) is 20.6. The summed E-state index contributed by atoms with van der Waals surface area (Å²) >= 11 is 0. The monoisotopic (exact) mass is 533 g/mol. The Morgan fingerprint density at radius 1 is 1.14 bits per heavy atom. The van der Waals surface area contributed by atoms with E-state index in [4.69, 9.17) is 0 Å². The van der Waals surface area contributed by atoms with Gasteiger partial charge < -0.3 is 15.5 Å². The molecule has 6 nitrogen and oxygen atoms in total. The number of rotatable bonds is 7. The second kappa shape index (κ2) is 12.8. The number of nitrogens with one attached hydrogen (secondary N) is 2. The molecule has 1 heterocycles. The van der Waals surface area contributed by atoms with E-state index >= 15 is 0 Å². The SMILES string of the molecule is CCNC(=NCCNC(=O)CC1CCCC1)N1CCN(C(C)C(F)(F)F)CC1.I. The number of halogens is 4. The summed E-state index contributed by atoms with van der Waals surface area (Å²) in [6.45, 7) is 6.49. The van der Waals surface area contributed by atoms with Gasteiger partial charge in [-0.1, -0.05) is 12.8 Å². The van der Waals surface area contributed by atoms with Crippen LogP contribution in [0, 0.1) is 5.92 Å². The van der Waals surface area contributed by atoms with E-state index < -0.39 is 12.2 Å². The van der Waals surface area contributed by atoms with Gasteiger partial charge in [0.05, 0.1) is 6.54 Å². The summed E-state index contributed by atoms with van der Waals surface area (Å²) in [5.74, 6) is 1.31. The number of amides is 1. The first-order valence-corrected chi connectivity index (χ1v) is 10.4.